The first-order chi connectivity index (χ1) is 7.66. The number of carboxylic acids is 1. The first-order valence-corrected chi connectivity index (χ1v) is 3.96. The van der Waals surface area contributed by atoms with E-state index in [-0.39, 0.29) is 6.20 Å². The number of aromatic nitrogens is 1. The van der Waals surface area contributed by atoms with Gasteiger partial charge in [0.1, 0.15) is 5.56 Å². The molecular formula is C8H4F5NO3. The van der Waals surface area contributed by atoms with Gasteiger partial charge in [-0.2, -0.15) is 13.2 Å². The van der Waals surface area contributed by atoms with Gasteiger partial charge in [-0.15, -0.1) is 0 Å². The number of aromatic hydroxyl groups is 1. The van der Waals surface area contributed by atoms with E-state index >= 15 is 0 Å². The molecule has 0 aliphatic rings. The molecule has 0 radical (unpaired) electrons. The number of alkyl halides is 5. The van der Waals surface area contributed by atoms with Crippen LogP contribution >= 0.6 is 0 Å². The Morgan fingerprint density at radius 3 is 2.24 bits per heavy atom. The number of hydrogen-bond acceptors (Lipinski definition) is 3. The minimum atomic E-state index is -5.13. The van der Waals surface area contributed by atoms with Crippen LogP contribution in [0.1, 0.15) is 28.0 Å². The van der Waals surface area contributed by atoms with Crippen LogP contribution in [0.25, 0.3) is 0 Å². The molecule has 0 saturated heterocycles. The number of carbonyl (C=O) groups is 1. The summed E-state index contributed by atoms with van der Waals surface area (Å²) in [6.45, 7) is 0. The lowest BCUT2D eigenvalue weighted by Gasteiger charge is -2.12. The molecule has 4 nitrogen and oxygen atoms in total. The van der Waals surface area contributed by atoms with Gasteiger partial charge in [-0.1, -0.05) is 0 Å². The van der Waals surface area contributed by atoms with E-state index in [1.807, 2.05) is 0 Å². The Morgan fingerprint density at radius 1 is 1.35 bits per heavy atom. The molecule has 2 N–H and O–H groups in total. The van der Waals surface area contributed by atoms with Crippen molar-refractivity contribution in [1.82, 2.24) is 4.98 Å². The molecule has 1 heterocycles. The molecule has 0 unspecified atom stereocenters. The average Bonchev–Trinajstić information content (AvgIpc) is 2.13. The molecule has 0 amide bonds. The van der Waals surface area contributed by atoms with Gasteiger partial charge in [-0.05, 0) is 0 Å². The fourth-order valence-electron chi connectivity index (χ4n) is 1.11. The van der Waals surface area contributed by atoms with Gasteiger partial charge in [-0.25, -0.2) is 18.6 Å². The molecule has 0 atom stereocenters. The van der Waals surface area contributed by atoms with Crippen LogP contribution in [0.3, 0.4) is 0 Å². The normalized spacial score (nSPS) is 11.9. The summed E-state index contributed by atoms with van der Waals surface area (Å²) in [5.41, 5.74) is -4.69. The summed E-state index contributed by atoms with van der Waals surface area (Å²) < 4.78 is 61.3. The minimum absolute atomic E-state index is 0.0800. The molecule has 17 heavy (non-hydrogen) atoms. The van der Waals surface area contributed by atoms with Crippen molar-refractivity contribution < 1.29 is 37.0 Å². The third-order valence-corrected chi connectivity index (χ3v) is 1.80. The van der Waals surface area contributed by atoms with Crippen LogP contribution in [0.2, 0.25) is 0 Å². The van der Waals surface area contributed by atoms with Crippen molar-refractivity contribution in [1.29, 1.82) is 0 Å². The van der Waals surface area contributed by atoms with E-state index in [9.17, 15) is 26.7 Å². The number of nitrogens with zero attached hydrogens (tertiary/aromatic N) is 1. The Bertz CT molecular complexity index is 457. The Morgan fingerprint density at radius 2 is 1.88 bits per heavy atom. The summed E-state index contributed by atoms with van der Waals surface area (Å²) in [5.74, 6) is -3.91. The van der Waals surface area contributed by atoms with E-state index in [1.165, 1.54) is 0 Å². The minimum Gasteiger partial charge on any atom is -0.505 e. The molecule has 0 spiro atoms. The Kier molecular flexibility index (Phi) is 3.21. The first kappa shape index (κ1) is 13.1. The molecule has 0 bridgehead atoms. The van der Waals surface area contributed by atoms with Crippen LogP contribution in [-0.4, -0.2) is 21.2 Å². The zero-order valence-corrected chi connectivity index (χ0v) is 7.79. The molecular weight excluding hydrogens is 253 g/mol. The highest BCUT2D eigenvalue weighted by atomic mass is 19.4. The van der Waals surface area contributed by atoms with E-state index in [0.717, 1.165) is 0 Å². The second-order valence-corrected chi connectivity index (χ2v) is 2.89. The molecule has 9 heteroatoms. The van der Waals surface area contributed by atoms with Crippen LogP contribution < -0.4 is 0 Å². The standard InChI is InChI=1S/C8H4F5NO3/c9-6(10)2-1-14-5(8(11,12)13)4(15)3(2)7(16)17/h1,6,15H,(H,16,17). The van der Waals surface area contributed by atoms with Crippen molar-refractivity contribution in [2.45, 2.75) is 12.6 Å². The number of carboxylic acid groups (broad SMARTS) is 1. The average molecular weight is 257 g/mol. The van der Waals surface area contributed by atoms with Gasteiger partial charge in [0, 0.05) is 6.20 Å². The zero-order chi connectivity index (χ0) is 13.4. The van der Waals surface area contributed by atoms with E-state index in [2.05, 4.69) is 4.98 Å². The molecule has 0 saturated carbocycles. The summed E-state index contributed by atoms with van der Waals surface area (Å²) in [4.78, 5) is 13.1. The van der Waals surface area contributed by atoms with Gasteiger partial charge >= 0.3 is 12.1 Å². The van der Waals surface area contributed by atoms with Crippen molar-refractivity contribution in [2.75, 3.05) is 0 Å². The Balaban J connectivity index is 3.56. The van der Waals surface area contributed by atoms with Gasteiger partial charge in [0.2, 0.25) is 0 Å². The SMILES string of the molecule is O=C(O)c1c(C(F)F)cnc(C(F)(F)F)c1O. The lowest BCUT2D eigenvalue weighted by molar-refractivity contribution is -0.142. The topological polar surface area (TPSA) is 70.4 Å². The molecule has 0 aliphatic carbocycles. The van der Waals surface area contributed by atoms with Crippen LogP contribution in [0, 0.1) is 0 Å². The second kappa shape index (κ2) is 4.15. The number of halogens is 5. The third kappa shape index (κ3) is 2.43. The third-order valence-electron chi connectivity index (χ3n) is 1.80. The smallest absolute Gasteiger partial charge is 0.437 e. The van der Waals surface area contributed by atoms with Gasteiger partial charge < -0.3 is 10.2 Å². The maximum atomic E-state index is 12.3. The number of hydrogen-bond donors (Lipinski definition) is 2. The maximum Gasteiger partial charge on any atom is 0.437 e. The number of pyridine rings is 1. The zero-order valence-electron chi connectivity index (χ0n) is 7.79. The van der Waals surface area contributed by atoms with Gasteiger partial charge in [0.05, 0.1) is 5.56 Å². The fraction of sp³-hybridized carbons (Fsp3) is 0.250. The Labute approximate surface area is 90.3 Å². The predicted octanol–water partition coefficient (Wildman–Crippen LogP) is 2.44. The molecule has 1 rings (SSSR count). The van der Waals surface area contributed by atoms with Crippen LogP contribution in [0.4, 0.5) is 22.0 Å². The summed E-state index contributed by atoms with van der Waals surface area (Å²) in [7, 11) is 0. The van der Waals surface area contributed by atoms with Gasteiger partial charge in [-0.3, -0.25) is 0 Å². The summed E-state index contributed by atoms with van der Waals surface area (Å²) >= 11 is 0. The predicted molar refractivity (Wildman–Crippen MR) is 42.8 cm³/mol. The lowest BCUT2D eigenvalue weighted by atomic mass is 10.1. The lowest BCUT2D eigenvalue weighted by Crippen LogP contribution is -2.13. The fourth-order valence-corrected chi connectivity index (χ4v) is 1.11. The molecule has 0 aromatic carbocycles. The van der Waals surface area contributed by atoms with Gasteiger partial charge in [0.15, 0.2) is 11.4 Å². The quantitative estimate of drug-likeness (QED) is 0.798. The van der Waals surface area contributed by atoms with Crippen molar-refractivity contribution in [2.24, 2.45) is 0 Å². The highest BCUT2D eigenvalue weighted by Gasteiger charge is 2.39. The molecule has 1 aromatic heterocycles. The second-order valence-electron chi connectivity index (χ2n) is 2.89. The van der Waals surface area contributed by atoms with Crippen LogP contribution in [0.5, 0.6) is 5.75 Å². The molecule has 94 valence electrons. The van der Waals surface area contributed by atoms with Crippen molar-refractivity contribution in [3.05, 3.63) is 23.0 Å². The van der Waals surface area contributed by atoms with E-state index in [1.54, 1.807) is 0 Å². The summed E-state index contributed by atoms with van der Waals surface area (Å²) in [5, 5.41) is 17.5. The summed E-state index contributed by atoms with van der Waals surface area (Å²) in [6, 6.07) is 0. The number of rotatable bonds is 2. The monoisotopic (exact) mass is 257 g/mol. The van der Waals surface area contributed by atoms with E-state index < -0.39 is 41.1 Å². The van der Waals surface area contributed by atoms with Crippen LogP contribution in [-0.2, 0) is 6.18 Å². The largest absolute Gasteiger partial charge is 0.505 e. The van der Waals surface area contributed by atoms with E-state index in [4.69, 9.17) is 10.2 Å². The molecule has 1 aromatic rings. The van der Waals surface area contributed by atoms with Crippen molar-refractivity contribution in [3.63, 3.8) is 0 Å². The first-order valence-electron chi connectivity index (χ1n) is 3.96. The number of aromatic carboxylic acids is 1. The van der Waals surface area contributed by atoms with Crippen molar-refractivity contribution in [3.8, 4) is 5.75 Å². The van der Waals surface area contributed by atoms with Crippen molar-refractivity contribution >= 4 is 5.97 Å². The van der Waals surface area contributed by atoms with Crippen LogP contribution in [0.15, 0.2) is 6.20 Å². The summed E-state index contributed by atoms with van der Waals surface area (Å²) in [6.07, 6.45) is -8.41. The molecule has 0 fully saturated rings. The van der Waals surface area contributed by atoms with E-state index in [0.29, 0.717) is 0 Å². The van der Waals surface area contributed by atoms with Gasteiger partial charge in [0.25, 0.3) is 6.43 Å². The highest BCUT2D eigenvalue weighted by Crippen LogP contribution is 2.38. The maximum absolute atomic E-state index is 12.3. The highest BCUT2D eigenvalue weighted by molar-refractivity contribution is 5.92. The molecule has 0 aliphatic heterocycles. The Hall–Kier alpha value is -1.93.